The van der Waals surface area contributed by atoms with Gasteiger partial charge in [0, 0.05) is 20.8 Å². The molecule has 12 aliphatic rings. The van der Waals surface area contributed by atoms with Crippen LogP contribution in [-0.4, -0.2) is 124 Å². The molecule has 0 heterocycles. The molecule has 12 saturated carbocycles. The zero-order valence-electron chi connectivity index (χ0n) is 42.4. The molecule has 0 aromatic carbocycles. The molecule has 0 aromatic heterocycles. The van der Waals surface area contributed by atoms with Crippen LogP contribution in [0.15, 0.2) is 12.2 Å². The molecular formula is C52H72F6O16. The Balaban J connectivity index is 0.000000162. The van der Waals surface area contributed by atoms with Gasteiger partial charge in [0.15, 0.2) is 18.3 Å². The molecule has 7 atom stereocenters. The Morgan fingerprint density at radius 2 is 0.797 bits per heavy atom. The van der Waals surface area contributed by atoms with Gasteiger partial charge < -0.3 is 47.7 Å². The van der Waals surface area contributed by atoms with Crippen molar-refractivity contribution < 1.29 is 103 Å². The minimum atomic E-state index is -3.37. The summed E-state index contributed by atoms with van der Waals surface area (Å²) < 4.78 is 121. The lowest BCUT2D eigenvalue weighted by atomic mass is 9.48. The van der Waals surface area contributed by atoms with Gasteiger partial charge in [0.05, 0.1) is 41.7 Å². The predicted octanol–water partition coefficient (Wildman–Crippen LogP) is 8.03. The topological polar surface area (TPSA) is 206 Å². The number of esters is 3. The van der Waals surface area contributed by atoms with Crippen LogP contribution in [0.4, 0.5) is 26.3 Å². The van der Waals surface area contributed by atoms with Crippen molar-refractivity contribution in [2.45, 2.75) is 172 Å². The molecule has 22 heteroatoms. The van der Waals surface area contributed by atoms with Crippen molar-refractivity contribution in [2.24, 2.45) is 63.6 Å². The van der Waals surface area contributed by atoms with Crippen LogP contribution in [0, 0.1) is 63.6 Å². The lowest BCUT2D eigenvalue weighted by Crippen LogP contribution is -2.59. The summed E-state index contributed by atoms with van der Waals surface area (Å²) in [6.45, 7) is 4.03. The highest BCUT2D eigenvalue weighted by molar-refractivity contribution is 5.79. The normalized spacial score (nSPS) is 35.9. The predicted molar refractivity (Wildman–Crippen MR) is 243 cm³/mol. The highest BCUT2D eigenvalue weighted by Gasteiger charge is 2.62. The number of hydrogen-bond donors (Lipinski definition) is 1. The van der Waals surface area contributed by atoms with Crippen LogP contribution in [0.5, 0.6) is 0 Å². The molecule has 0 aliphatic heterocycles. The van der Waals surface area contributed by atoms with E-state index >= 15 is 0 Å². The summed E-state index contributed by atoms with van der Waals surface area (Å²) in [5, 5.41) is 10.7. The lowest BCUT2D eigenvalue weighted by molar-refractivity contribution is -0.244. The number of halogens is 6. The van der Waals surface area contributed by atoms with Gasteiger partial charge in [-0.25, -0.2) is 0 Å². The van der Waals surface area contributed by atoms with Crippen molar-refractivity contribution in [3.8, 4) is 0 Å². The molecule has 12 rings (SSSR count). The summed E-state index contributed by atoms with van der Waals surface area (Å²) in [4.78, 5) is 69.6. The van der Waals surface area contributed by atoms with Gasteiger partial charge in [-0.2, -0.15) is 26.3 Å². The van der Waals surface area contributed by atoms with Gasteiger partial charge >= 0.3 is 36.2 Å². The summed E-state index contributed by atoms with van der Waals surface area (Å²) in [6, 6.07) is 0. The zero-order chi connectivity index (χ0) is 53.9. The maximum Gasteiger partial charge on any atom is 0.353 e. The minimum absolute atomic E-state index is 0.165. The summed E-state index contributed by atoms with van der Waals surface area (Å²) in [7, 11) is 0. The molecule has 0 spiro atoms. The summed E-state index contributed by atoms with van der Waals surface area (Å²) in [5.41, 5.74) is -1.40. The van der Waals surface area contributed by atoms with Crippen molar-refractivity contribution >= 4 is 37.3 Å². The van der Waals surface area contributed by atoms with Crippen molar-refractivity contribution in [1.82, 2.24) is 0 Å². The van der Waals surface area contributed by atoms with Crippen LogP contribution in [-0.2, 0) is 71.4 Å². The quantitative estimate of drug-likeness (QED) is 0.0319. The second-order valence-corrected chi connectivity index (χ2v) is 23.6. The summed E-state index contributed by atoms with van der Waals surface area (Å²) in [6.07, 6.45) is 1.27. The van der Waals surface area contributed by atoms with Crippen LogP contribution in [0.1, 0.15) is 130 Å². The van der Waals surface area contributed by atoms with E-state index in [9.17, 15) is 60.2 Å². The van der Waals surface area contributed by atoms with E-state index < -0.39 is 84.3 Å². The van der Waals surface area contributed by atoms with E-state index in [4.69, 9.17) is 14.2 Å². The molecule has 418 valence electrons. The van der Waals surface area contributed by atoms with Crippen molar-refractivity contribution in [2.75, 3.05) is 39.6 Å². The van der Waals surface area contributed by atoms with Gasteiger partial charge in [0.25, 0.3) is 19.4 Å². The Morgan fingerprint density at radius 1 is 0.500 bits per heavy atom. The number of carbonyl (C=O) groups is 6. The van der Waals surface area contributed by atoms with Gasteiger partial charge in [-0.3, -0.25) is 28.8 Å². The first-order valence-corrected chi connectivity index (χ1v) is 25.9. The smallest absolute Gasteiger partial charge is 0.353 e. The average Bonchev–Trinajstić information content (AvgIpc) is 3.28. The second-order valence-electron chi connectivity index (χ2n) is 23.6. The van der Waals surface area contributed by atoms with Crippen LogP contribution in [0.3, 0.4) is 0 Å². The third-order valence-electron chi connectivity index (χ3n) is 17.0. The maximum absolute atomic E-state index is 12.9. The van der Waals surface area contributed by atoms with E-state index in [0.717, 1.165) is 44.9 Å². The number of carbonyl (C=O) groups excluding carboxylic acids is 6. The van der Waals surface area contributed by atoms with E-state index in [0.29, 0.717) is 113 Å². The Bertz CT molecular complexity index is 1950. The van der Waals surface area contributed by atoms with Gasteiger partial charge in [-0.05, 0) is 156 Å². The minimum Gasteiger partial charge on any atom is -0.464 e. The zero-order valence-corrected chi connectivity index (χ0v) is 42.4. The highest BCUT2D eigenvalue weighted by atomic mass is 19.3. The van der Waals surface area contributed by atoms with Gasteiger partial charge in [-0.15, -0.1) is 0 Å². The lowest BCUT2D eigenvalue weighted by Gasteiger charge is -2.58. The average molecular weight is 1070 g/mol. The number of alkyl halides is 6. The van der Waals surface area contributed by atoms with Gasteiger partial charge in [0.2, 0.25) is 0 Å². The highest BCUT2D eigenvalue weighted by Crippen LogP contribution is 2.64. The maximum atomic E-state index is 12.9. The molecule has 0 amide bonds. The molecule has 0 aromatic rings. The monoisotopic (exact) mass is 1070 g/mol. The van der Waals surface area contributed by atoms with E-state index in [1.807, 2.05) is 0 Å². The molecule has 16 nitrogen and oxygen atoms in total. The Morgan fingerprint density at radius 3 is 1.12 bits per heavy atom. The third kappa shape index (κ3) is 14.7. The molecule has 1 N–H and O–H groups in total. The SMILES string of the molecule is C=C1C2CC3CC1CC(C(=O)OC(COC=O)COC(C)(F)F)(C3)C2.CC(F)(F)OCC(COC=O)OC(=O)C12CC3CC(CC(C3)C1)C2.CC(F)(F)OCC(COC=O)OC(=O)C12CC3CC(CC(O)(C3)C1)C2. The van der Waals surface area contributed by atoms with E-state index in [-0.39, 0.29) is 51.2 Å². The Kier molecular flexibility index (Phi) is 17.9. The molecule has 7 unspecified atom stereocenters. The van der Waals surface area contributed by atoms with E-state index in [1.54, 1.807) is 0 Å². The third-order valence-corrected chi connectivity index (χ3v) is 17.0. The fourth-order valence-electron chi connectivity index (χ4n) is 15.3. The van der Waals surface area contributed by atoms with Gasteiger partial charge in [-0.1, -0.05) is 12.2 Å². The molecular weight excluding hydrogens is 995 g/mol. The number of allylic oxidation sites excluding steroid dienone is 1. The number of aliphatic hydroxyl groups is 1. The molecule has 0 saturated heterocycles. The fourth-order valence-corrected chi connectivity index (χ4v) is 15.3. The largest absolute Gasteiger partial charge is 0.464 e. The van der Waals surface area contributed by atoms with Crippen molar-refractivity contribution in [1.29, 1.82) is 0 Å². The molecule has 12 bridgehead atoms. The summed E-state index contributed by atoms with van der Waals surface area (Å²) >= 11 is 0. The van der Waals surface area contributed by atoms with Crippen LogP contribution >= 0.6 is 0 Å². The fraction of sp³-hybridized carbons (Fsp3) is 0.846. The van der Waals surface area contributed by atoms with Crippen LogP contribution in [0.25, 0.3) is 0 Å². The van der Waals surface area contributed by atoms with Crippen LogP contribution in [0.2, 0.25) is 0 Å². The van der Waals surface area contributed by atoms with E-state index in [2.05, 4.69) is 35.0 Å². The molecule has 12 aliphatic carbocycles. The van der Waals surface area contributed by atoms with Crippen molar-refractivity contribution in [3.63, 3.8) is 0 Å². The van der Waals surface area contributed by atoms with Crippen molar-refractivity contribution in [3.05, 3.63) is 12.2 Å². The molecule has 0 radical (unpaired) electrons. The first-order valence-electron chi connectivity index (χ1n) is 25.9. The van der Waals surface area contributed by atoms with E-state index in [1.165, 1.54) is 24.8 Å². The number of ether oxygens (including phenoxy) is 9. The molecule has 12 fully saturated rings. The first kappa shape index (κ1) is 57.7. The molecule has 74 heavy (non-hydrogen) atoms. The first-order chi connectivity index (χ1) is 34.6. The number of rotatable bonds is 24. The van der Waals surface area contributed by atoms with Gasteiger partial charge in [0.1, 0.15) is 19.8 Å². The standard InChI is InChI=1S/C18H24F2O5.C17H24F2O6.C17H24F2O5/c1-11-13-3-12-4-14(11)7-18(5-12,6-13)16(22)25-15(8-23-10-21)9-24-17(2,19)20;1-15(18,19)24-8-13(7-23-10-20)25-14(21)16-3-11-2-12(4-16)6-17(22,5-11)9-16;1-16(18,19)23-9-14(8-22-10-20)24-15(21)17-5-11-2-12(6-17)4-13(3-11)7-17/h10,12-15H,1,3-9H2,2H3;10-13,22H,2-9H2,1H3;10-14H,2-9H2,1H3. The second kappa shape index (κ2) is 22.9. The number of hydrogen-bond acceptors (Lipinski definition) is 16. The van der Waals surface area contributed by atoms with Crippen LogP contribution < -0.4 is 0 Å². The summed E-state index contributed by atoms with van der Waals surface area (Å²) in [5.74, 6) is 2.25. The Labute approximate surface area is 426 Å². The Hall–Kier alpha value is -4.02.